The van der Waals surface area contributed by atoms with E-state index >= 15 is 0 Å². The first-order valence-corrected chi connectivity index (χ1v) is 13.4. The molecular formula is C24H27FN2O6P2S. The third-order valence-corrected chi connectivity index (χ3v) is 6.38. The molecule has 0 aliphatic rings. The molecule has 3 rings (SSSR count). The Morgan fingerprint density at radius 2 is 1.75 bits per heavy atom. The van der Waals surface area contributed by atoms with Crippen molar-refractivity contribution in [1.82, 2.24) is 0 Å². The highest BCUT2D eigenvalue weighted by atomic mass is 32.2. The highest BCUT2D eigenvalue weighted by Crippen LogP contribution is 2.34. The van der Waals surface area contributed by atoms with Crippen molar-refractivity contribution in [3.8, 4) is 17.2 Å². The Balaban J connectivity index is 1.80. The fourth-order valence-electron chi connectivity index (χ4n) is 3.32. The molecule has 12 heteroatoms. The third-order valence-electron chi connectivity index (χ3n) is 4.72. The lowest BCUT2D eigenvalue weighted by atomic mass is 10.1. The van der Waals surface area contributed by atoms with Crippen molar-refractivity contribution in [2.45, 2.75) is 23.6 Å². The number of nitrogens with one attached hydrogen (secondary N) is 2. The molecule has 2 atom stereocenters. The van der Waals surface area contributed by atoms with E-state index in [1.165, 1.54) is 49.6 Å². The molecule has 0 aliphatic heterocycles. The van der Waals surface area contributed by atoms with E-state index in [1.807, 2.05) is 30.6 Å². The van der Waals surface area contributed by atoms with Gasteiger partial charge in [0.15, 0.2) is 0 Å². The number of hydrogen-bond donors (Lipinski definition) is 2. The van der Waals surface area contributed by atoms with Crippen molar-refractivity contribution < 1.29 is 31.8 Å². The van der Waals surface area contributed by atoms with E-state index in [1.54, 1.807) is 19.1 Å². The molecule has 2 unspecified atom stereocenters. The minimum atomic E-state index is -4.09. The molecule has 36 heavy (non-hydrogen) atoms. The standard InChI is InChI=1S/C24H27FN2O6P2S/c1-3-32-21-15-17(26-23(28)13-16-7-4-5-10-20(16)31-2)11-12-22(21)36(29,30)27-18-8-6-9-19(14-18)33-24(25,34)35/h4-12,14-15,27H,3,13,34-35H2,1-2H3,(H,26,28). The van der Waals surface area contributed by atoms with Gasteiger partial charge in [-0.25, -0.2) is 8.42 Å². The molecule has 0 saturated carbocycles. The minimum absolute atomic E-state index is 0.0604. The molecule has 3 aromatic carbocycles. The van der Waals surface area contributed by atoms with Gasteiger partial charge in [-0.15, -0.1) is 0 Å². The van der Waals surface area contributed by atoms with Gasteiger partial charge in [-0.05, 0) is 55.7 Å². The van der Waals surface area contributed by atoms with Crippen LogP contribution in [0.2, 0.25) is 0 Å². The molecule has 3 aromatic rings. The van der Waals surface area contributed by atoms with E-state index in [0.717, 1.165) is 0 Å². The second kappa shape index (κ2) is 11.9. The van der Waals surface area contributed by atoms with Crippen LogP contribution in [0.3, 0.4) is 0 Å². The Kier molecular flexibility index (Phi) is 9.12. The summed E-state index contributed by atoms with van der Waals surface area (Å²) in [7, 11) is 1.18. The zero-order valence-corrected chi connectivity index (χ0v) is 22.8. The predicted molar refractivity (Wildman–Crippen MR) is 144 cm³/mol. The van der Waals surface area contributed by atoms with Crippen LogP contribution in [0.25, 0.3) is 0 Å². The van der Waals surface area contributed by atoms with Gasteiger partial charge < -0.3 is 19.5 Å². The molecule has 0 radical (unpaired) electrons. The summed E-state index contributed by atoms with van der Waals surface area (Å²) in [5, 5.41) is 0.661. The molecule has 0 aromatic heterocycles. The molecule has 0 saturated heterocycles. The number of anilines is 2. The number of ether oxygens (including phenoxy) is 3. The summed E-state index contributed by atoms with van der Waals surface area (Å²) in [6.45, 7) is 1.91. The number of hydrogen-bond acceptors (Lipinski definition) is 6. The zero-order chi connectivity index (χ0) is 26.3. The first-order valence-electron chi connectivity index (χ1n) is 10.8. The van der Waals surface area contributed by atoms with Gasteiger partial charge in [0, 0.05) is 23.4 Å². The molecule has 1 amide bonds. The normalized spacial score (nSPS) is 11.5. The van der Waals surface area contributed by atoms with Gasteiger partial charge in [0.2, 0.25) is 5.91 Å². The highest BCUT2D eigenvalue weighted by molar-refractivity contribution is 7.92. The van der Waals surface area contributed by atoms with Crippen LogP contribution in [0.1, 0.15) is 12.5 Å². The quantitative estimate of drug-likeness (QED) is 0.332. The first-order chi connectivity index (χ1) is 17.0. The van der Waals surface area contributed by atoms with Gasteiger partial charge in [-0.3, -0.25) is 9.52 Å². The summed E-state index contributed by atoms with van der Waals surface area (Å²) >= 11 is 0. The smallest absolute Gasteiger partial charge is 0.270 e. The maximum Gasteiger partial charge on any atom is 0.270 e. The predicted octanol–water partition coefficient (Wildman–Crippen LogP) is 4.79. The lowest BCUT2D eigenvalue weighted by molar-refractivity contribution is -0.115. The number of rotatable bonds is 11. The third kappa shape index (κ3) is 7.79. The number of alkyl halides is 1. The van der Waals surface area contributed by atoms with Crippen molar-refractivity contribution in [3.63, 3.8) is 0 Å². The van der Waals surface area contributed by atoms with Gasteiger partial charge in [-0.2, -0.15) is 4.39 Å². The fourth-order valence-corrected chi connectivity index (χ4v) is 4.77. The summed E-state index contributed by atoms with van der Waals surface area (Å²) in [5.41, 5.74) is 1.25. The van der Waals surface area contributed by atoms with Crippen molar-refractivity contribution in [2.24, 2.45) is 0 Å². The zero-order valence-electron chi connectivity index (χ0n) is 19.7. The van der Waals surface area contributed by atoms with Gasteiger partial charge in [-0.1, -0.05) is 24.3 Å². The SMILES string of the molecule is CCOc1cc(NC(=O)Cc2ccccc2OC)ccc1S(=O)(=O)Nc1cccc(OC(F)(P)P)c1. The average molecular weight is 553 g/mol. The van der Waals surface area contributed by atoms with E-state index in [-0.39, 0.29) is 41.0 Å². The average Bonchev–Trinajstić information content (AvgIpc) is 2.78. The molecule has 192 valence electrons. The molecular weight excluding hydrogens is 525 g/mol. The van der Waals surface area contributed by atoms with Gasteiger partial charge in [0.05, 0.1) is 25.8 Å². The summed E-state index contributed by atoms with van der Waals surface area (Å²) < 4.78 is 58.4. The van der Waals surface area contributed by atoms with Gasteiger partial charge in [0.25, 0.3) is 15.4 Å². The summed E-state index contributed by atoms with van der Waals surface area (Å²) in [5.74, 6) is 0.475. The molecule has 0 aliphatic carbocycles. The summed E-state index contributed by atoms with van der Waals surface area (Å²) in [6, 6.07) is 17.3. The number of amides is 1. The van der Waals surface area contributed by atoms with E-state index in [9.17, 15) is 17.6 Å². The lowest BCUT2D eigenvalue weighted by Gasteiger charge is -2.18. The number of halogens is 1. The first kappa shape index (κ1) is 27.7. The van der Waals surface area contributed by atoms with Crippen LogP contribution in [0, 0.1) is 0 Å². The Labute approximate surface area is 214 Å². The van der Waals surface area contributed by atoms with Crippen LogP contribution in [0.5, 0.6) is 17.2 Å². The molecule has 8 nitrogen and oxygen atoms in total. The number of para-hydroxylation sites is 1. The van der Waals surface area contributed by atoms with E-state index in [2.05, 4.69) is 10.0 Å². The Morgan fingerprint density at radius 3 is 2.44 bits per heavy atom. The second-order valence-electron chi connectivity index (χ2n) is 7.56. The number of carbonyl (C=O) groups excluding carboxylic acids is 1. The highest BCUT2D eigenvalue weighted by Gasteiger charge is 2.22. The van der Waals surface area contributed by atoms with E-state index in [4.69, 9.17) is 14.2 Å². The number of sulfonamides is 1. The Bertz CT molecular complexity index is 1330. The van der Waals surface area contributed by atoms with Gasteiger partial charge >= 0.3 is 0 Å². The Morgan fingerprint density at radius 1 is 1.00 bits per heavy atom. The van der Waals surface area contributed by atoms with E-state index in [0.29, 0.717) is 17.0 Å². The van der Waals surface area contributed by atoms with Crippen LogP contribution in [-0.2, 0) is 21.2 Å². The number of carbonyl (C=O) groups is 1. The molecule has 2 N–H and O–H groups in total. The summed E-state index contributed by atoms with van der Waals surface area (Å²) in [6.07, 6.45) is 0.0701. The number of methoxy groups -OCH3 is 1. The van der Waals surface area contributed by atoms with Crippen molar-refractivity contribution in [3.05, 3.63) is 72.3 Å². The lowest BCUT2D eigenvalue weighted by Crippen LogP contribution is -2.17. The maximum atomic E-state index is 13.7. The van der Waals surface area contributed by atoms with Crippen molar-refractivity contribution in [2.75, 3.05) is 23.8 Å². The van der Waals surface area contributed by atoms with Crippen molar-refractivity contribution >= 4 is 45.8 Å². The van der Waals surface area contributed by atoms with Gasteiger partial charge in [0.1, 0.15) is 22.1 Å². The van der Waals surface area contributed by atoms with Crippen LogP contribution in [0.15, 0.2) is 71.6 Å². The topological polar surface area (TPSA) is 103 Å². The van der Waals surface area contributed by atoms with Crippen LogP contribution < -0.4 is 24.2 Å². The Hall–Kier alpha value is -2.93. The molecule has 0 spiro atoms. The monoisotopic (exact) mass is 552 g/mol. The molecule has 0 fully saturated rings. The maximum absolute atomic E-state index is 13.7. The largest absolute Gasteiger partial charge is 0.496 e. The second-order valence-corrected chi connectivity index (χ2v) is 11.5. The minimum Gasteiger partial charge on any atom is -0.496 e. The molecule has 0 bridgehead atoms. The van der Waals surface area contributed by atoms with Crippen LogP contribution in [0.4, 0.5) is 15.8 Å². The van der Waals surface area contributed by atoms with Crippen molar-refractivity contribution in [1.29, 1.82) is 0 Å². The summed E-state index contributed by atoms with van der Waals surface area (Å²) in [4.78, 5) is 12.5. The van der Waals surface area contributed by atoms with Crippen LogP contribution >= 0.6 is 18.5 Å². The molecule has 0 heterocycles. The van der Waals surface area contributed by atoms with E-state index < -0.39 is 15.4 Å². The number of benzene rings is 3. The van der Waals surface area contributed by atoms with Crippen LogP contribution in [-0.4, -0.2) is 33.4 Å². The fraction of sp³-hybridized carbons (Fsp3) is 0.208.